The maximum Gasteiger partial charge on any atom is 0.348 e. The SMILES string of the molecule is CC1CCc2sc(C(=O)OCC(=O)N(CCc3ccccc3)Cc3ccccc3)cc2C1. The van der Waals surface area contributed by atoms with Gasteiger partial charge >= 0.3 is 5.97 Å². The number of benzene rings is 2. The predicted octanol–water partition coefficient (Wildman–Crippen LogP) is 5.30. The number of fused-ring (bicyclic) bond motifs is 1. The van der Waals surface area contributed by atoms with Gasteiger partial charge in [-0.15, -0.1) is 11.3 Å². The Morgan fingerprint density at radius 2 is 1.72 bits per heavy atom. The quantitative estimate of drug-likeness (QED) is 0.440. The summed E-state index contributed by atoms with van der Waals surface area (Å²) in [5, 5.41) is 0. The Labute approximate surface area is 193 Å². The minimum Gasteiger partial charge on any atom is -0.451 e. The molecule has 0 aliphatic heterocycles. The van der Waals surface area contributed by atoms with E-state index in [2.05, 4.69) is 19.1 Å². The molecule has 1 aromatic heterocycles. The van der Waals surface area contributed by atoms with Gasteiger partial charge in [-0.3, -0.25) is 4.79 Å². The van der Waals surface area contributed by atoms with Gasteiger partial charge in [0.1, 0.15) is 4.88 Å². The second-order valence-electron chi connectivity index (χ2n) is 8.52. The molecule has 0 spiro atoms. The third kappa shape index (κ3) is 5.86. The van der Waals surface area contributed by atoms with Crippen LogP contribution in [-0.2, 0) is 35.3 Å². The molecule has 1 heterocycles. The highest BCUT2D eigenvalue weighted by Crippen LogP contribution is 2.32. The van der Waals surface area contributed by atoms with Crippen LogP contribution in [0, 0.1) is 5.92 Å². The molecule has 3 aromatic rings. The van der Waals surface area contributed by atoms with E-state index in [1.807, 2.05) is 54.6 Å². The summed E-state index contributed by atoms with van der Waals surface area (Å²) in [6.07, 6.45) is 3.96. The fourth-order valence-electron chi connectivity index (χ4n) is 4.10. The zero-order valence-corrected chi connectivity index (χ0v) is 19.3. The first-order valence-corrected chi connectivity index (χ1v) is 12.0. The van der Waals surface area contributed by atoms with Gasteiger partial charge in [0.2, 0.25) is 0 Å². The fraction of sp³-hybridized carbons (Fsp3) is 0.333. The zero-order valence-electron chi connectivity index (χ0n) is 18.5. The maximum atomic E-state index is 13.0. The van der Waals surface area contributed by atoms with Crippen LogP contribution in [0.2, 0.25) is 0 Å². The van der Waals surface area contributed by atoms with Crippen molar-refractivity contribution in [3.8, 4) is 0 Å². The smallest absolute Gasteiger partial charge is 0.348 e. The molecule has 4 rings (SSSR count). The normalized spacial score (nSPS) is 15.1. The third-order valence-corrected chi connectivity index (χ3v) is 7.16. The molecule has 0 bridgehead atoms. The minimum absolute atomic E-state index is 0.173. The molecule has 4 nitrogen and oxygen atoms in total. The molecule has 0 saturated carbocycles. The topological polar surface area (TPSA) is 46.6 Å². The van der Waals surface area contributed by atoms with Gasteiger partial charge < -0.3 is 9.64 Å². The number of rotatable bonds is 8. The minimum atomic E-state index is -0.395. The van der Waals surface area contributed by atoms with Crippen LogP contribution >= 0.6 is 11.3 Å². The van der Waals surface area contributed by atoms with Crippen LogP contribution in [0.1, 0.15) is 44.6 Å². The Kier molecular flexibility index (Phi) is 7.38. The van der Waals surface area contributed by atoms with Crippen molar-refractivity contribution in [2.24, 2.45) is 5.92 Å². The second kappa shape index (κ2) is 10.6. The molecule has 0 radical (unpaired) electrons. The molecule has 32 heavy (non-hydrogen) atoms. The van der Waals surface area contributed by atoms with Gasteiger partial charge in [-0.25, -0.2) is 4.79 Å². The summed E-state index contributed by atoms with van der Waals surface area (Å²) < 4.78 is 5.45. The maximum absolute atomic E-state index is 13.0. The van der Waals surface area contributed by atoms with Gasteiger partial charge in [0.25, 0.3) is 5.91 Å². The summed E-state index contributed by atoms with van der Waals surface area (Å²) in [5.41, 5.74) is 3.50. The van der Waals surface area contributed by atoms with Crippen LogP contribution in [0.5, 0.6) is 0 Å². The van der Waals surface area contributed by atoms with Gasteiger partial charge in [-0.05, 0) is 54.4 Å². The summed E-state index contributed by atoms with van der Waals surface area (Å²) in [5.74, 6) is 0.0832. The van der Waals surface area contributed by atoms with E-state index >= 15 is 0 Å². The van der Waals surface area contributed by atoms with E-state index in [9.17, 15) is 9.59 Å². The van der Waals surface area contributed by atoms with Crippen LogP contribution in [0.15, 0.2) is 66.7 Å². The van der Waals surface area contributed by atoms with E-state index in [0.717, 1.165) is 31.2 Å². The summed E-state index contributed by atoms with van der Waals surface area (Å²) in [7, 11) is 0. The van der Waals surface area contributed by atoms with E-state index in [4.69, 9.17) is 4.74 Å². The lowest BCUT2D eigenvalue weighted by molar-refractivity contribution is -0.135. The van der Waals surface area contributed by atoms with E-state index < -0.39 is 5.97 Å². The van der Waals surface area contributed by atoms with Crippen molar-refractivity contribution in [3.63, 3.8) is 0 Å². The van der Waals surface area contributed by atoms with Gasteiger partial charge in [-0.2, -0.15) is 0 Å². The van der Waals surface area contributed by atoms with E-state index in [0.29, 0.717) is 23.9 Å². The summed E-state index contributed by atoms with van der Waals surface area (Å²) >= 11 is 1.52. The van der Waals surface area contributed by atoms with Crippen molar-refractivity contribution in [1.29, 1.82) is 0 Å². The molecule has 0 saturated heterocycles. The lowest BCUT2D eigenvalue weighted by atomic mass is 9.90. The van der Waals surface area contributed by atoms with Crippen molar-refractivity contribution < 1.29 is 14.3 Å². The van der Waals surface area contributed by atoms with Gasteiger partial charge in [0.05, 0.1) is 0 Å². The summed E-state index contributed by atoms with van der Waals surface area (Å²) in [6.45, 7) is 3.07. The first kappa shape index (κ1) is 22.3. The Morgan fingerprint density at radius 3 is 2.44 bits per heavy atom. The average Bonchev–Trinajstić information content (AvgIpc) is 3.24. The Bertz CT molecular complexity index is 1050. The van der Waals surface area contributed by atoms with E-state index in [1.54, 1.807) is 4.90 Å². The number of carbonyl (C=O) groups is 2. The van der Waals surface area contributed by atoms with Gasteiger partial charge in [0.15, 0.2) is 6.61 Å². The first-order valence-electron chi connectivity index (χ1n) is 11.2. The van der Waals surface area contributed by atoms with Crippen LogP contribution in [0.4, 0.5) is 0 Å². The number of nitrogens with zero attached hydrogens (tertiary/aromatic N) is 1. The molecule has 2 aromatic carbocycles. The number of esters is 1. The summed E-state index contributed by atoms with van der Waals surface area (Å²) in [4.78, 5) is 29.3. The van der Waals surface area contributed by atoms with E-state index in [-0.39, 0.29) is 12.5 Å². The van der Waals surface area contributed by atoms with Gasteiger partial charge in [-0.1, -0.05) is 67.6 Å². The number of thiophene rings is 1. The van der Waals surface area contributed by atoms with Crippen LogP contribution in [0.3, 0.4) is 0 Å². The molecule has 1 unspecified atom stereocenters. The number of hydrogen-bond donors (Lipinski definition) is 0. The number of carbonyl (C=O) groups excluding carboxylic acids is 2. The molecular formula is C27H29NO3S. The Balaban J connectivity index is 1.38. The molecule has 0 N–H and O–H groups in total. The molecular weight excluding hydrogens is 418 g/mol. The highest BCUT2D eigenvalue weighted by molar-refractivity contribution is 7.14. The fourth-order valence-corrected chi connectivity index (χ4v) is 5.20. The molecule has 1 amide bonds. The first-order chi connectivity index (χ1) is 15.6. The van der Waals surface area contributed by atoms with Crippen molar-refractivity contribution in [2.45, 2.75) is 39.2 Å². The van der Waals surface area contributed by atoms with Crippen LogP contribution in [0.25, 0.3) is 0 Å². The predicted molar refractivity (Wildman–Crippen MR) is 128 cm³/mol. The molecule has 166 valence electrons. The van der Waals surface area contributed by atoms with Crippen molar-refractivity contribution in [1.82, 2.24) is 4.90 Å². The molecule has 1 aliphatic carbocycles. The van der Waals surface area contributed by atoms with Crippen LogP contribution < -0.4 is 0 Å². The van der Waals surface area contributed by atoms with Gasteiger partial charge in [0, 0.05) is 18.0 Å². The monoisotopic (exact) mass is 447 g/mol. The highest BCUT2D eigenvalue weighted by Gasteiger charge is 2.23. The van der Waals surface area contributed by atoms with Crippen LogP contribution in [-0.4, -0.2) is 29.9 Å². The number of aryl methyl sites for hydroxylation is 1. The second-order valence-corrected chi connectivity index (χ2v) is 9.66. The lowest BCUT2D eigenvalue weighted by Crippen LogP contribution is -2.35. The van der Waals surface area contributed by atoms with Crippen molar-refractivity contribution in [2.75, 3.05) is 13.2 Å². The summed E-state index contributed by atoms with van der Waals surface area (Å²) in [6, 6.07) is 22.0. The Hall–Kier alpha value is -2.92. The zero-order chi connectivity index (χ0) is 22.3. The Morgan fingerprint density at radius 1 is 1.03 bits per heavy atom. The van der Waals surface area contributed by atoms with Crippen molar-refractivity contribution in [3.05, 3.63) is 93.2 Å². The molecule has 5 heteroatoms. The number of amides is 1. The number of ether oxygens (including phenoxy) is 1. The number of hydrogen-bond acceptors (Lipinski definition) is 4. The van der Waals surface area contributed by atoms with E-state index in [1.165, 1.54) is 27.3 Å². The molecule has 1 aliphatic rings. The van der Waals surface area contributed by atoms with Crippen molar-refractivity contribution >= 4 is 23.2 Å². The molecule has 0 fully saturated rings. The highest BCUT2D eigenvalue weighted by atomic mass is 32.1. The molecule has 1 atom stereocenters. The third-order valence-electron chi connectivity index (χ3n) is 5.94. The lowest BCUT2D eigenvalue weighted by Gasteiger charge is -2.23. The average molecular weight is 448 g/mol. The standard InChI is InChI=1S/C27H29NO3S/c1-20-12-13-24-23(16-20)17-25(32-24)27(30)31-19-26(29)28(18-22-10-6-3-7-11-22)15-14-21-8-4-2-5-9-21/h2-11,17,20H,12-16,18-19H2,1H3. The largest absolute Gasteiger partial charge is 0.451 e.